The molecule has 1 aromatic heterocycles. The van der Waals surface area contributed by atoms with Crippen LogP contribution in [-0.2, 0) is 4.79 Å². The number of methoxy groups -OCH3 is 1. The number of amides is 1. The molecular formula is C8H8F2N4O4. The topological polar surface area (TPSA) is 106 Å². The van der Waals surface area contributed by atoms with Crippen molar-refractivity contribution in [1.82, 2.24) is 10.4 Å². The number of pyridine rings is 1. The van der Waals surface area contributed by atoms with Crippen LogP contribution in [0.1, 0.15) is 0 Å². The molecule has 0 saturated carbocycles. The minimum Gasteiger partial charge on any atom is -0.493 e. The number of hydrogen-bond donors (Lipinski definition) is 2. The van der Waals surface area contributed by atoms with Gasteiger partial charge in [0.2, 0.25) is 0 Å². The predicted octanol–water partition coefficient (Wildman–Crippen LogP) is 0.707. The molecule has 1 rings (SSSR count). The number of carbonyl (C=O) groups excluding carboxylic acids is 1. The molecule has 0 bridgehead atoms. The second-order valence-corrected chi connectivity index (χ2v) is 2.92. The van der Waals surface area contributed by atoms with E-state index in [0.717, 1.165) is 12.3 Å². The maximum absolute atomic E-state index is 11.9. The highest BCUT2D eigenvalue weighted by Gasteiger charge is 2.17. The van der Waals surface area contributed by atoms with Crippen LogP contribution >= 0.6 is 0 Å². The Morgan fingerprint density at radius 2 is 2.28 bits per heavy atom. The van der Waals surface area contributed by atoms with Gasteiger partial charge in [-0.1, -0.05) is 0 Å². The molecule has 1 aromatic rings. The van der Waals surface area contributed by atoms with E-state index in [1.807, 2.05) is 0 Å². The van der Waals surface area contributed by atoms with Crippen LogP contribution < -0.4 is 15.6 Å². The van der Waals surface area contributed by atoms with E-state index in [2.05, 4.69) is 10.4 Å². The van der Waals surface area contributed by atoms with Crippen molar-refractivity contribution in [3.8, 4) is 5.75 Å². The Bertz CT molecular complexity index is 468. The van der Waals surface area contributed by atoms with Gasteiger partial charge >= 0.3 is 12.3 Å². The van der Waals surface area contributed by atoms with Crippen LogP contribution in [0.15, 0.2) is 12.3 Å². The van der Waals surface area contributed by atoms with Crippen molar-refractivity contribution in [3.63, 3.8) is 0 Å². The minimum atomic E-state index is -3.19. The summed E-state index contributed by atoms with van der Waals surface area (Å²) >= 11 is 0. The highest BCUT2D eigenvalue weighted by Crippen LogP contribution is 2.25. The van der Waals surface area contributed by atoms with Crippen LogP contribution in [0.4, 0.5) is 20.3 Å². The quantitative estimate of drug-likeness (QED) is 0.597. The summed E-state index contributed by atoms with van der Waals surface area (Å²) in [5, 5.41) is 10.5. The van der Waals surface area contributed by atoms with Crippen molar-refractivity contribution in [2.75, 3.05) is 12.5 Å². The zero-order chi connectivity index (χ0) is 13.7. The number of nitrogens with zero attached hydrogens (tertiary/aromatic N) is 2. The van der Waals surface area contributed by atoms with Crippen molar-refractivity contribution in [2.45, 2.75) is 6.43 Å². The molecule has 0 unspecified atom stereocenters. The van der Waals surface area contributed by atoms with E-state index in [-0.39, 0.29) is 17.3 Å². The van der Waals surface area contributed by atoms with Crippen LogP contribution in [0.5, 0.6) is 5.75 Å². The fraction of sp³-hybridized carbons (Fsp3) is 0.250. The van der Waals surface area contributed by atoms with Crippen LogP contribution in [-0.4, -0.2) is 29.3 Å². The van der Waals surface area contributed by atoms with Gasteiger partial charge in [-0.15, -0.1) is 0 Å². The smallest absolute Gasteiger partial charge is 0.317 e. The summed E-state index contributed by atoms with van der Waals surface area (Å²) in [5.41, 5.74) is 3.41. The van der Waals surface area contributed by atoms with Crippen molar-refractivity contribution < 1.29 is 23.2 Å². The first-order valence-corrected chi connectivity index (χ1v) is 4.48. The molecule has 0 atom stereocenters. The zero-order valence-electron chi connectivity index (χ0n) is 9.02. The number of hydrogen-bond acceptors (Lipinski definition) is 6. The average Bonchev–Trinajstić information content (AvgIpc) is 2.35. The number of alkyl halides is 2. The molecule has 1 heterocycles. The molecule has 2 N–H and O–H groups in total. The third-order valence-electron chi connectivity index (χ3n) is 1.77. The van der Waals surface area contributed by atoms with E-state index in [1.54, 1.807) is 5.43 Å². The van der Waals surface area contributed by atoms with Gasteiger partial charge in [0, 0.05) is 0 Å². The Hall–Kier alpha value is -2.52. The summed E-state index contributed by atoms with van der Waals surface area (Å²) in [5.74, 6) is -1.76. The van der Waals surface area contributed by atoms with E-state index in [4.69, 9.17) is 4.74 Å². The van der Waals surface area contributed by atoms with Crippen LogP contribution in [0.25, 0.3) is 0 Å². The second kappa shape index (κ2) is 5.70. The Balaban J connectivity index is 2.83. The number of hydrazine groups is 1. The number of carbonyl (C=O) groups is 1. The molecule has 18 heavy (non-hydrogen) atoms. The molecule has 1 amide bonds. The Kier molecular flexibility index (Phi) is 4.29. The van der Waals surface area contributed by atoms with Crippen LogP contribution in [0, 0.1) is 10.1 Å². The van der Waals surface area contributed by atoms with Crippen molar-refractivity contribution in [2.24, 2.45) is 0 Å². The van der Waals surface area contributed by atoms with Crippen molar-refractivity contribution in [3.05, 3.63) is 22.4 Å². The Labute approximate surface area is 99.1 Å². The molecule has 0 spiro atoms. The van der Waals surface area contributed by atoms with Crippen LogP contribution in [0.3, 0.4) is 0 Å². The fourth-order valence-corrected chi connectivity index (χ4v) is 0.959. The third kappa shape index (κ3) is 3.23. The number of rotatable bonds is 5. The number of nitro groups is 1. The van der Waals surface area contributed by atoms with Gasteiger partial charge in [-0.2, -0.15) is 8.78 Å². The molecule has 0 aliphatic rings. The summed E-state index contributed by atoms with van der Waals surface area (Å²) in [6.45, 7) is 0. The van der Waals surface area contributed by atoms with E-state index < -0.39 is 17.3 Å². The van der Waals surface area contributed by atoms with Gasteiger partial charge < -0.3 is 4.74 Å². The highest BCUT2D eigenvalue weighted by atomic mass is 19.3. The van der Waals surface area contributed by atoms with E-state index >= 15 is 0 Å². The van der Waals surface area contributed by atoms with E-state index in [1.165, 1.54) is 7.11 Å². The largest absolute Gasteiger partial charge is 0.493 e. The normalized spacial score (nSPS) is 10.0. The van der Waals surface area contributed by atoms with Crippen LogP contribution in [0.2, 0.25) is 0 Å². The number of aromatic nitrogens is 1. The van der Waals surface area contributed by atoms with E-state index in [0.29, 0.717) is 0 Å². The summed E-state index contributed by atoms with van der Waals surface area (Å²) < 4.78 is 28.5. The van der Waals surface area contributed by atoms with Gasteiger partial charge in [-0.25, -0.2) is 4.98 Å². The molecule has 8 nitrogen and oxygen atoms in total. The molecule has 0 saturated heterocycles. The summed E-state index contributed by atoms with van der Waals surface area (Å²) in [7, 11) is 1.21. The molecular weight excluding hydrogens is 254 g/mol. The van der Waals surface area contributed by atoms with E-state index in [9.17, 15) is 23.7 Å². The highest BCUT2D eigenvalue weighted by molar-refractivity contribution is 5.80. The zero-order valence-corrected chi connectivity index (χ0v) is 9.02. The third-order valence-corrected chi connectivity index (χ3v) is 1.77. The lowest BCUT2D eigenvalue weighted by molar-refractivity contribution is -0.385. The first kappa shape index (κ1) is 13.5. The lowest BCUT2D eigenvalue weighted by atomic mass is 10.4. The van der Waals surface area contributed by atoms with Gasteiger partial charge in [0.05, 0.1) is 18.1 Å². The molecule has 0 fully saturated rings. The molecule has 98 valence electrons. The van der Waals surface area contributed by atoms with Gasteiger partial charge in [0.25, 0.3) is 5.69 Å². The Morgan fingerprint density at radius 1 is 1.61 bits per heavy atom. The first-order chi connectivity index (χ1) is 8.45. The summed E-state index contributed by atoms with van der Waals surface area (Å²) in [4.78, 5) is 23.9. The number of halogens is 2. The molecule has 0 aliphatic heterocycles. The number of ether oxygens (including phenoxy) is 1. The van der Waals surface area contributed by atoms with Crippen molar-refractivity contribution in [1.29, 1.82) is 0 Å². The van der Waals surface area contributed by atoms with Crippen molar-refractivity contribution >= 4 is 17.4 Å². The maximum atomic E-state index is 11.9. The monoisotopic (exact) mass is 262 g/mol. The molecule has 0 aliphatic carbocycles. The first-order valence-electron chi connectivity index (χ1n) is 4.48. The molecule has 10 heteroatoms. The number of anilines is 1. The lowest BCUT2D eigenvalue weighted by Gasteiger charge is -2.10. The SMILES string of the molecule is COc1cc([N+](=O)[O-])cnc1NNC(=O)C(F)F. The number of nitrogens with one attached hydrogen (secondary N) is 2. The Morgan fingerprint density at radius 3 is 2.78 bits per heavy atom. The van der Waals surface area contributed by atoms with Gasteiger partial charge in [0.1, 0.15) is 6.20 Å². The fourth-order valence-electron chi connectivity index (χ4n) is 0.959. The predicted molar refractivity (Wildman–Crippen MR) is 55.2 cm³/mol. The minimum absolute atomic E-state index is 0.0706. The maximum Gasteiger partial charge on any atom is 0.317 e. The second-order valence-electron chi connectivity index (χ2n) is 2.92. The average molecular weight is 262 g/mol. The molecule has 0 aromatic carbocycles. The summed E-state index contributed by atoms with van der Waals surface area (Å²) in [6.07, 6.45) is -2.30. The van der Waals surface area contributed by atoms with Gasteiger partial charge in [0.15, 0.2) is 11.6 Å². The van der Waals surface area contributed by atoms with Gasteiger partial charge in [-0.05, 0) is 0 Å². The molecule has 0 radical (unpaired) electrons. The summed E-state index contributed by atoms with van der Waals surface area (Å²) in [6, 6.07) is 1.03. The lowest BCUT2D eigenvalue weighted by Crippen LogP contribution is -2.34. The van der Waals surface area contributed by atoms with Gasteiger partial charge in [-0.3, -0.25) is 25.8 Å². The standard InChI is InChI=1S/C8H8F2N4O4/c1-18-5-2-4(14(16)17)3-11-7(5)12-13-8(15)6(9)10/h2-3,6H,1H3,(H,11,12)(H,13,15).